The average Bonchev–Trinajstić information content (AvgIpc) is 2.56. The van der Waals surface area contributed by atoms with Crippen molar-refractivity contribution in [2.24, 2.45) is 4.99 Å². The smallest absolute Gasteiger partial charge is 0.191 e. The lowest BCUT2D eigenvalue weighted by atomic mass is 10.0. The van der Waals surface area contributed by atoms with Crippen molar-refractivity contribution >= 4 is 16.7 Å². The van der Waals surface area contributed by atoms with Crippen LogP contribution in [-0.4, -0.2) is 31.8 Å². The lowest BCUT2D eigenvalue weighted by molar-refractivity contribution is 0.0691. The second kappa shape index (κ2) is 6.79. The van der Waals surface area contributed by atoms with Crippen LogP contribution in [0.25, 0.3) is 10.8 Å². The van der Waals surface area contributed by atoms with E-state index < -0.39 is 0 Å². The van der Waals surface area contributed by atoms with E-state index in [9.17, 15) is 0 Å². The molecule has 0 fully saturated rings. The van der Waals surface area contributed by atoms with Crippen molar-refractivity contribution in [3.05, 3.63) is 47.5 Å². The van der Waals surface area contributed by atoms with Crippen LogP contribution >= 0.6 is 0 Å². The summed E-state index contributed by atoms with van der Waals surface area (Å²) in [5.41, 5.74) is 2.60. The summed E-state index contributed by atoms with van der Waals surface area (Å²) in [5.74, 6) is 0.862. The number of fused-ring (bicyclic) bond motifs is 1. The van der Waals surface area contributed by atoms with Gasteiger partial charge in [0.2, 0.25) is 0 Å². The Kier molecular flexibility index (Phi) is 4.59. The van der Waals surface area contributed by atoms with E-state index in [1.807, 2.05) is 6.92 Å². The molecular formula is C18H23N3O. The molecule has 0 amide bonds. The third-order valence-corrected chi connectivity index (χ3v) is 4.03. The first-order valence-corrected chi connectivity index (χ1v) is 7.89. The van der Waals surface area contributed by atoms with Crippen LogP contribution in [0.4, 0.5) is 0 Å². The van der Waals surface area contributed by atoms with Gasteiger partial charge in [-0.2, -0.15) is 0 Å². The van der Waals surface area contributed by atoms with E-state index in [4.69, 9.17) is 4.74 Å². The molecular weight excluding hydrogens is 274 g/mol. The molecule has 116 valence electrons. The van der Waals surface area contributed by atoms with Crippen LogP contribution in [0.2, 0.25) is 0 Å². The predicted molar refractivity (Wildman–Crippen MR) is 91.2 cm³/mol. The van der Waals surface area contributed by atoms with Crippen molar-refractivity contribution in [1.82, 2.24) is 10.6 Å². The normalized spacial score (nSPS) is 17.9. The highest BCUT2D eigenvalue weighted by atomic mass is 16.5. The number of aliphatic imine (C=N–C) groups is 1. The van der Waals surface area contributed by atoms with Gasteiger partial charge in [-0.15, -0.1) is 0 Å². The fourth-order valence-electron chi connectivity index (χ4n) is 2.84. The van der Waals surface area contributed by atoms with Crippen LogP contribution < -0.4 is 10.6 Å². The van der Waals surface area contributed by atoms with Crippen LogP contribution in [0.1, 0.15) is 18.1 Å². The molecule has 22 heavy (non-hydrogen) atoms. The molecule has 3 rings (SSSR count). The van der Waals surface area contributed by atoms with Gasteiger partial charge in [0.1, 0.15) is 0 Å². The maximum Gasteiger partial charge on any atom is 0.191 e. The Morgan fingerprint density at radius 2 is 2.05 bits per heavy atom. The molecule has 2 aromatic rings. The molecule has 0 aromatic heterocycles. The van der Waals surface area contributed by atoms with Gasteiger partial charge in [-0.3, -0.25) is 4.99 Å². The standard InChI is InChI=1S/C18H23N3O/c1-3-22-15-11-20-18(21-12-15)19-10-14-9-8-13(2)16-6-4-5-7-17(14)16/h4-9,15H,3,10-12H2,1-2H3,(H2,19,20,21). The van der Waals surface area contributed by atoms with Crippen molar-refractivity contribution in [2.75, 3.05) is 19.7 Å². The zero-order valence-corrected chi connectivity index (χ0v) is 13.2. The predicted octanol–water partition coefficient (Wildman–Crippen LogP) is 2.60. The van der Waals surface area contributed by atoms with Gasteiger partial charge in [0.15, 0.2) is 5.96 Å². The maximum atomic E-state index is 5.57. The molecule has 0 spiro atoms. The van der Waals surface area contributed by atoms with Crippen molar-refractivity contribution in [3.8, 4) is 0 Å². The summed E-state index contributed by atoms with van der Waals surface area (Å²) in [4.78, 5) is 4.51. The SMILES string of the molecule is CCOC1CN=C(NCc2ccc(C)c3ccccc23)NC1. The Bertz CT molecular complexity index is 681. The summed E-state index contributed by atoms with van der Waals surface area (Å²) < 4.78 is 5.57. The van der Waals surface area contributed by atoms with E-state index >= 15 is 0 Å². The van der Waals surface area contributed by atoms with Gasteiger partial charge in [-0.25, -0.2) is 0 Å². The van der Waals surface area contributed by atoms with Crippen molar-refractivity contribution in [1.29, 1.82) is 0 Å². The lowest BCUT2D eigenvalue weighted by Crippen LogP contribution is -2.46. The highest BCUT2D eigenvalue weighted by Gasteiger charge is 2.14. The van der Waals surface area contributed by atoms with Gasteiger partial charge >= 0.3 is 0 Å². The monoisotopic (exact) mass is 297 g/mol. The molecule has 0 aliphatic carbocycles. The Morgan fingerprint density at radius 3 is 2.77 bits per heavy atom. The van der Waals surface area contributed by atoms with E-state index in [0.29, 0.717) is 0 Å². The fourth-order valence-corrected chi connectivity index (χ4v) is 2.84. The number of hydrogen-bond acceptors (Lipinski definition) is 4. The lowest BCUT2D eigenvalue weighted by Gasteiger charge is -2.23. The van der Waals surface area contributed by atoms with Gasteiger partial charge in [0, 0.05) is 19.7 Å². The number of aryl methyl sites for hydroxylation is 1. The van der Waals surface area contributed by atoms with Gasteiger partial charge in [0.05, 0.1) is 12.6 Å². The molecule has 0 saturated heterocycles. The van der Waals surface area contributed by atoms with Crippen LogP contribution in [0.3, 0.4) is 0 Å². The highest BCUT2D eigenvalue weighted by Crippen LogP contribution is 2.22. The summed E-state index contributed by atoms with van der Waals surface area (Å²) in [6.07, 6.45) is 0.191. The summed E-state index contributed by atoms with van der Waals surface area (Å²) in [6, 6.07) is 12.9. The molecule has 4 nitrogen and oxygen atoms in total. The fraction of sp³-hybridized carbons (Fsp3) is 0.389. The van der Waals surface area contributed by atoms with Crippen LogP contribution in [0, 0.1) is 6.92 Å². The van der Waals surface area contributed by atoms with Crippen LogP contribution in [-0.2, 0) is 11.3 Å². The average molecular weight is 297 g/mol. The van der Waals surface area contributed by atoms with E-state index in [0.717, 1.165) is 32.2 Å². The number of benzene rings is 2. The van der Waals surface area contributed by atoms with Crippen molar-refractivity contribution in [3.63, 3.8) is 0 Å². The quantitative estimate of drug-likeness (QED) is 0.912. The molecule has 1 unspecified atom stereocenters. The number of nitrogens with one attached hydrogen (secondary N) is 2. The summed E-state index contributed by atoms with van der Waals surface area (Å²) in [7, 11) is 0. The summed E-state index contributed by atoms with van der Waals surface area (Å²) >= 11 is 0. The maximum absolute atomic E-state index is 5.57. The Balaban J connectivity index is 1.69. The minimum Gasteiger partial charge on any atom is -0.375 e. The molecule has 1 heterocycles. The molecule has 1 aliphatic heterocycles. The number of ether oxygens (including phenoxy) is 1. The molecule has 2 aromatic carbocycles. The number of hydrogen-bond donors (Lipinski definition) is 2. The number of guanidine groups is 1. The van der Waals surface area contributed by atoms with Crippen molar-refractivity contribution < 1.29 is 4.74 Å². The summed E-state index contributed by atoms with van der Waals surface area (Å²) in [5, 5.41) is 9.31. The molecule has 1 atom stereocenters. The zero-order chi connectivity index (χ0) is 15.4. The van der Waals surface area contributed by atoms with E-state index in [2.05, 4.69) is 58.9 Å². The zero-order valence-electron chi connectivity index (χ0n) is 13.2. The molecule has 0 bridgehead atoms. The van der Waals surface area contributed by atoms with E-state index in [-0.39, 0.29) is 6.10 Å². The first-order valence-electron chi connectivity index (χ1n) is 7.89. The van der Waals surface area contributed by atoms with E-state index in [1.54, 1.807) is 0 Å². The Hall–Kier alpha value is -2.07. The van der Waals surface area contributed by atoms with Crippen LogP contribution in [0.15, 0.2) is 41.4 Å². The molecule has 4 heteroatoms. The first kappa shape index (κ1) is 14.9. The largest absolute Gasteiger partial charge is 0.375 e. The number of nitrogens with zero attached hydrogens (tertiary/aromatic N) is 1. The first-order chi connectivity index (χ1) is 10.8. The van der Waals surface area contributed by atoms with E-state index in [1.165, 1.54) is 21.9 Å². The third-order valence-electron chi connectivity index (χ3n) is 4.03. The minimum atomic E-state index is 0.191. The molecule has 2 N–H and O–H groups in total. The third kappa shape index (κ3) is 3.22. The van der Waals surface area contributed by atoms with Gasteiger partial charge in [-0.1, -0.05) is 36.4 Å². The molecule has 0 radical (unpaired) electrons. The second-order valence-corrected chi connectivity index (χ2v) is 5.59. The molecule has 1 aliphatic rings. The minimum absolute atomic E-state index is 0.191. The number of rotatable bonds is 4. The van der Waals surface area contributed by atoms with Crippen LogP contribution in [0.5, 0.6) is 0 Å². The summed E-state index contributed by atoms with van der Waals surface area (Å²) in [6.45, 7) is 7.21. The van der Waals surface area contributed by atoms with Crippen molar-refractivity contribution in [2.45, 2.75) is 26.5 Å². The second-order valence-electron chi connectivity index (χ2n) is 5.59. The topological polar surface area (TPSA) is 45.6 Å². The van der Waals surface area contributed by atoms with Gasteiger partial charge < -0.3 is 15.4 Å². The van der Waals surface area contributed by atoms with Gasteiger partial charge in [0.25, 0.3) is 0 Å². The Labute approximate surface area is 131 Å². The van der Waals surface area contributed by atoms with Gasteiger partial charge in [-0.05, 0) is 35.7 Å². The highest BCUT2D eigenvalue weighted by molar-refractivity contribution is 5.89. The Morgan fingerprint density at radius 1 is 1.23 bits per heavy atom. The molecule has 0 saturated carbocycles.